The summed E-state index contributed by atoms with van der Waals surface area (Å²) in [4.78, 5) is 10.5. The fraction of sp³-hybridized carbons (Fsp3) is 0.300. The van der Waals surface area contributed by atoms with E-state index < -0.39 is 0 Å². The maximum atomic E-state index is 10.5. The van der Waals surface area contributed by atoms with E-state index in [1.165, 1.54) is 6.07 Å². The number of halogens is 1. The number of phenolic OH excluding ortho intramolecular Hbond substituents is 1. The van der Waals surface area contributed by atoms with Gasteiger partial charge in [-0.25, -0.2) is 0 Å². The second-order valence-corrected chi connectivity index (χ2v) is 3.98. The molecule has 4 heteroatoms. The number of aromatic hydroxyl groups is 1. The number of hydrogen-bond acceptors (Lipinski definition) is 3. The van der Waals surface area contributed by atoms with Crippen molar-refractivity contribution in [2.45, 2.75) is 20.0 Å². The predicted molar refractivity (Wildman–Crippen MR) is 57.0 cm³/mol. The second kappa shape index (κ2) is 4.46. The van der Waals surface area contributed by atoms with E-state index in [2.05, 4.69) is 15.9 Å². The molecular weight excluding hydrogens is 248 g/mol. The highest BCUT2D eigenvalue weighted by Crippen LogP contribution is 2.32. The lowest BCUT2D eigenvalue weighted by atomic mass is 10.2. The number of carbonyl (C=O) groups excluding carboxylic acids is 1. The van der Waals surface area contributed by atoms with Crippen LogP contribution >= 0.6 is 15.9 Å². The number of benzene rings is 1. The van der Waals surface area contributed by atoms with E-state index in [0.717, 1.165) is 0 Å². The summed E-state index contributed by atoms with van der Waals surface area (Å²) in [7, 11) is 0. The van der Waals surface area contributed by atoms with E-state index in [-0.39, 0.29) is 11.9 Å². The van der Waals surface area contributed by atoms with Crippen molar-refractivity contribution in [3.05, 3.63) is 22.2 Å². The van der Waals surface area contributed by atoms with Crippen LogP contribution in [0.4, 0.5) is 0 Å². The minimum atomic E-state index is -0.0241. The smallest absolute Gasteiger partial charge is 0.162 e. The van der Waals surface area contributed by atoms with Crippen LogP contribution in [0.25, 0.3) is 0 Å². The van der Waals surface area contributed by atoms with Gasteiger partial charge in [0.1, 0.15) is 0 Å². The van der Waals surface area contributed by atoms with Crippen LogP contribution in [-0.4, -0.2) is 17.5 Å². The fourth-order valence-electron chi connectivity index (χ4n) is 0.998. The van der Waals surface area contributed by atoms with Crippen molar-refractivity contribution < 1.29 is 14.6 Å². The zero-order valence-electron chi connectivity index (χ0n) is 7.95. The molecule has 0 amide bonds. The molecule has 0 aromatic heterocycles. The molecule has 0 heterocycles. The lowest BCUT2D eigenvalue weighted by Crippen LogP contribution is -2.05. The summed E-state index contributed by atoms with van der Waals surface area (Å²) >= 11 is 3.21. The fourth-order valence-corrected chi connectivity index (χ4v) is 1.41. The van der Waals surface area contributed by atoms with Crippen LogP contribution in [0.2, 0.25) is 0 Å². The molecule has 14 heavy (non-hydrogen) atoms. The highest BCUT2D eigenvalue weighted by atomic mass is 79.9. The third-order valence-electron chi connectivity index (χ3n) is 1.57. The van der Waals surface area contributed by atoms with Gasteiger partial charge in [-0.1, -0.05) is 0 Å². The van der Waals surface area contributed by atoms with Crippen LogP contribution in [0.1, 0.15) is 24.2 Å². The number of aldehydes is 1. The molecule has 0 aliphatic rings. The van der Waals surface area contributed by atoms with Crippen LogP contribution in [0.15, 0.2) is 16.6 Å². The average molecular weight is 259 g/mol. The van der Waals surface area contributed by atoms with E-state index in [4.69, 9.17) is 4.74 Å². The third kappa shape index (κ3) is 2.48. The number of hydrogen-bond donors (Lipinski definition) is 1. The molecule has 0 aliphatic heterocycles. The first-order valence-corrected chi connectivity index (χ1v) is 4.98. The maximum Gasteiger partial charge on any atom is 0.162 e. The monoisotopic (exact) mass is 258 g/mol. The Morgan fingerprint density at radius 3 is 2.64 bits per heavy atom. The Kier molecular flexibility index (Phi) is 3.52. The van der Waals surface area contributed by atoms with Crippen LogP contribution < -0.4 is 4.74 Å². The molecule has 0 radical (unpaired) electrons. The highest BCUT2D eigenvalue weighted by molar-refractivity contribution is 9.10. The first kappa shape index (κ1) is 11.0. The van der Waals surface area contributed by atoms with Gasteiger partial charge < -0.3 is 9.84 Å². The topological polar surface area (TPSA) is 46.5 Å². The molecule has 0 saturated heterocycles. The van der Waals surface area contributed by atoms with E-state index in [1.54, 1.807) is 6.07 Å². The standard InChI is InChI=1S/C10H11BrO3/c1-6(2)14-10-4-8(11)7(5-12)3-9(10)13/h3-6,13H,1-2H3. The number of rotatable bonds is 3. The second-order valence-electron chi connectivity index (χ2n) is 3.13. The van der Waals surface area contributed by atoms with Gasteiger partial charge in [-0.15, -0.1) is 0 Å². The molecule has 0 bridgehead atoms. The molecule has 0 unspecified atom stereocenters. The normalized spacial score (nSPS) is 10.3. The van der Waals surface area contributed by atoms with Crippen molar-refractivity contribution in [2.24, 2.45) is 0 Å². The summed E-state index contributed by atoms with van der Waals surface area (Å²) in [6, 6.07) is 2.95. The lowest BCUT2D eigenvalue weighted by molar-refractivity contribution is 0.112. The van der Waals surface area contributed by atoms with E-state index in [9.17, 15) is 9.90 Å². The predicted octanol–water partition coefficient (Wildman–Crippen LogP) is 2.75. The molecule has 1 aromatic rings. The van der Waals surface area contributed by atoms with Gasteiger partial charge in [0.05, 0.1) is 6.10 Å². The van der Waals surface area contributed by atoms with Crippen LogP contribution in [0.5, 0.6) is 11.5 Å². The summed E-state index contributed by atoms with van der Waals surface area (Å²) in [6.45, 7) is 3.72. The van der Waals surface area contributed by atoms with Gasteiger partial charge in [-0.2, -0.15) is 0 Å². The number of ether oxygens (including phenoxy) is 1. The molecule has 0 aliphatic carbocycles. The van der Waals surface area contributed by atoms with Crippen molar-refractivity contribution >= 4 is 22.2 Å². The highest BCUT2D eigenvalue weighted by Gasteiger charge is 2.09. The van der Waals surface area contributed by atoms with Crippen molar-refractivity contribution in [1.82, 2.24) is 0 Å². The summed E-state index contributed by atoms with van der Waals surface area (Å²) in [6.07, 6.45) is 0.651. The maximum absolute atomic E-state index is 10.5. The Balaban J connectivity index is 3.08. The number of carbonyl (C=O) groups is 1. The van der Waals surface area contributed by atoms with Crippen molar-refractivity contribution in [3.8, 4) is 11.5 Å². The zero-order chi connectivity index (χ0) is 10.7. The molecule has 76 valence electrons. The van der Waals surface area contributed by atoms with Gasteiger partial charge in [0.2, 0.25) is 0 Å². The Morgan fingerprint density at radius 1 is 1.50 bits per heavy atom. The summed E-state index contributed by atoms with van der Waals surface area (Å²) in [5.41, 5.74) is 0.401. The molecule has 3 nitrogen and oxygen atoms in total. The zero-order valence-corrected chi connectivity index (χ0v) is 9.54. The summed E-state index contributed by atoms with van der Waals surface area (Å²) in [5, 5.41) is 9.49. The minimum absolute atomic E-state index is 0.0186. The first-order chi connectivity index (χ1) is 6.54. The quantitative estimate of drug-likeness (QED) is 0.849. The van der Waals surface area contributed by atoms with E-state index in [0.29, 0.717) is 22.1 Å². The minimum Gasteiger partial charge on any atom is -0.504 e. The van der Waals surface area contributed by atoms with Crippen molar-refractivity contribution in [3.63, 3.8) is 0 Å². The lowest BCUT2D eigenvalue weighted by Gasteiger charge is -2.12. The molecule has 0 fully saturated rings. The Hall–Kier alpha value is -1.03. The van der Waals surface area contributed by atoms with Crippen LogP contribution in [-0.2, 0) is 0 Å². The Bertz CT molecular complexity index is 347. The largest absolute Gasteiger partial charge is 0.504 e. The number of phenols is 1. The van der Waals surface area contributed by atoms with Crippen LogP contribution in [0.3, 0.4) is 0 Å². The van der Waals surface area contributed by atoms with Gasteiger partial charge >= 0.3 is 0 Å². The summed E-state index contributed by atoms with van der Waals surface area (Å²) < 4.78 is 5.94. The molecular formula is C10H11BrO3. The average Bonchev–Trinajstić information content (AvgIpc) is 2.10. The van der Waals surface area contributed by atoms with Gasteiger partial charge in [0.15, 0.2) is 17.8 Å². The van der Waals surface area contributed by atoms with E-state index in [1.807, 2.05) is 13.8 Å². The van der Waals surface area contributed by atoms with Gasteiger partial charge in [0.25, 0.3) is 0 Å². The van der Waals surface area contributed by atoms with E-state index >= 15 is 0 Å². The Labute approximate surface area is 90.8 Å². The molecule has 0 spiro atoms. The van der Waals surface area contributed by atoms with Gasteiger partial charge in [-0.3, -0.25) is 4.79 Å². The molecule has 0 saturated carbocycles. The van der Waals surface area contributed by atoms with Gasteiger partial charge in [0, 0.05) is 10.0 Å². The third-order valence-corrected chi connectivity index (χ3v) is 2.25. The van der Waals surface area contributed by atoms with Crippen molar-refractivity contribution in [1.29, 1.82) is 0 Å². The molecule has 1 aromatic carbocycles. The molecule has 0 atom stereocenters. The van der Waals surface area contributed by atoms with Crippen molar-refractivity contribution in [2.75, 3.05) is 0 Å². The SMILES string of the molecule is CC(C)Oc1cc(Br)c(C=O)cc1O. The molecule has 1 N–H and O–H groups in total. The van der Waals surface area contributed by atoms with Gasteiger partial charge in [-0.05, 0) is 41.9 Å². The first-order valence-electron chi connectivity index (χ1n) is 4.19. The van der Waals surface area contributed by atoms with Crippen LogP contribution in [0, 0.1) is 0 Å². The molecule has 1 rings (SSSR count). The summed E-state index contributed by atoms with van der Waals surface area (Å²) in [5.74, 6) is 0.349. The Morgan fingerprint density at radius 2 is 2.14 bits per heavy atom.